The molecule has 4 rings (SSSR count). The highest BCUT2D eigenvalue weighted by atomic mass is 35.5. The molecule has 2 aromatic rings. The standard InChI is InChI=1S/C21H25ClF3N5O/c22-15-3-1-14(2-4-15)11-29-9-6-16(7-10-29)27-17-12-30(13-18(17)31)20-26-8-5-19(28-20)21(23,24)25/h1-5,8,16-18,27,31H,6-7,9-13H2/t17?,18-/m1/s1. The van der Waals surface area contributed by atoms with Gasteiger partial charge in [0.25, 0.3) is 0 Å². The van der Waals surface area contributed by atoms with Gasteiger partial charge >= 0.3 is 6.18 Å². The molecular formula is C21H25ClF3N5O. The lowest BCUT2D eigenvalue weighted by molar-refractivity contribution is -0.141. The van der Waals surface area contributed by atoms with Crippen molar-refractivity contribution in [1.82, 2.24) is 20.2 Å². The van der Waals surface area contributed by atoms with Crippen LogP contribution in [0.15, 0.2) is 36.5 Å². The van der Waals surface area contributed by atoms with Crippen molar-refractivity contribution in [1.29, 1.82) is 0 Å². The Labute approximate surface area is 184 Å². The zero-order valence-electron chi connectivity index (χ0n) is 16.9. The van der Waals surface area contributed by atoms with Crippen LogP contribution in [0.5, 0.6) is 0 Å². The first-order chi connectivity index (χ1) is 14.8. The number of aliphatic hydroxyl groups is 1. The Kier molecular flexibility index (Phi) is 6.66. The highest BCUT2D eigenvalue weighted by Crippen LogP contribution is 2.29. The van der Waals surface area contributed by atoms with E-state index in [1.165, 1.54) is 5.56 Å². The van der Waals surface area contributed by atoms with E-state index < -0.39 is 18.0 Å². The molecule has 0 amide bonds. The van der Waals surface area contributed by atoms with E-state index in [4.69, 9.17) is 11.6 Å². The first-order valence-corrected chi connectivity index (χ1v) is 10.7. The Morgan fingerprint density at radius 2 is 1.81 bits per heavy atom. The third-order valence-electron chi connectivity index (χ3n) is 5.86. The van der Waals surface area contributed by atoms with Gasteiger partial charge in [0.05, 0.1) is 12.1 Å². The van der Waals surface area contributed by atoms with E-state index in [1.807, 2.05) is 24.3 Å². The van der Waals surface area contributed by atoms with Crippen molar-refractivity contribution in [3.05, 3.63) is 52.8 Å². The second-order valence-electron chi connectivity index (χ2n) is 8.16. The Hall–Kier alpha value is -1.94. The van der Waals surface area contributed by atoms with Gasteiger partial charge in [0.15, 0.2) is 0 Å². The lowest BCUT2D eigenvalue weighted by atomic mass is 10.0. The van der Waals surface area contributed by atoms with Crippen LogP contribution in [-0.4, -0.2) is 64.3 Å². The molecule has 1 aromatic heterocycles. The summed E-state index contributed by atoms with van der Waals surface area (Å²) >= 11 is 5.94. The highest BCUT2D eigenvalue weighted by Gasteiger charge is 2.37. The number of nitrogens with zero attached hydrogens (tertiary/aromatic N) is 4. The molecule has 0 saturated carbocycles. The summed E-state index contributed by atoms with van der Waals surface area (Å²) in [6.45, 7) is 3.31. The van der Waals surface area contributed by atoms with Gasteiger partial charge in [0.2, 0.25) is 5.95 Å². The molecule has 3 heterocycles. The van der Waals surface area contributed by atoms with E-state index in [0.29, 0.717) is 6.54 Å². The fourth-order valence-corrected chi connectivity index (χ4v) is 4.31. The fraction of sp³-hybridized carbons (Fsp3) is 0.524. The maximum Gasteiger partial charge on any atom is 0.433 e. The smallest absolute Gasteiger partial charge is 0.390 e. The number of anilines is 1. The average molecular weight is 456 g/mol. The minimum atomic E-state index is -4.52. The molecule has 1 unspecified atom stereocenters. The summed E-state index contributed by atoms with van der Waals surface area (Å²) in [5, 5.41) is 14.7. The van der Waals surface area contributed by atoms with Gasteiger partial charge in [-0.15, -0.1) is 0 Å². The number of halogens is 4. The Morgan fingerprint density at radius 1 is 1.10 bits per heavy atom. The quantitative estimate of drug-likeness (QED) is 0.722. The van der Waals surface area contributed by atoms with Gasteiger partial charge in [-0.3, -0.25) is 4.90 Å². The van der Waals surface area contributed by atoms with Crippen LogP contribution in [0.3, 0.4) is 0 Å². The molecule has 0 aliphatic carbocycles. The first-order valence-electron chi connectivity index (χ1n) is 10.3. The molecule has 2 saturated heterocycles. The SMILES string of the molecule is O[C@@H]1CN(c2nccc(C(F)(F)F)n2)CC1NC1CCN(Cc2ccc(Cl)cc2)CC1. The Balaban J connectivity index is 1.28. The topological polar surface area (TPSA) is 64.5 Å². The van der Waals surface area contributed by atoms with Crippen molar-refractivity contribution in [3.8, 4) is 0 Å². The second-order valence-corrected chi connectivity index (χ2v) is 8.60. The minimum absolute atomic E-state index is 0.00374. The number of rotatable bonds is 5. The summed E-state index contributed by atoms with van der Waals surface area (Å²) in [7, 11) is 0. The van der Waals surface area contributed by atoms with Gasteiger partial charge < -0.3 is 15.3 Å². The molecule has 31 heavy (non-hydrogen) atoms. The number of alkyl halides is 3. The van der Waals surface area contributed by atoms with Gasteiger partial charge in [-0.2, -0.15) is 13.2 Å². The van der Waals surface area contributed by atoms with E-state index >= 15 is 0 Å². The van der Waals surface area contributed by atoms with E-state index in [2.05, 4.69) is 20.2 Å². The number of β-amino-alcohol motifs (C(OH)–C–C–N with tert-alkyl or cyclic N) is 1. The van der Waals surface area contributed by atoms with E-state index in [9.17, 15) is 18.3 Å². The molecule has 6 nitrogen and oxygen atoms in total. The second kappa shape index (κ2) is 9.28. The van der Waals surface area contributed by atoms with Crippen LogP contribution in [0.25, 0.3) is 0 Å². The number of likely N-dealkylation sites (tertiary alicyclic amines) is 1. The molecule has 0 bridgehead atoms. The fourth-order valence-electron chi connectivity index (χ4n) is 4.18. The van der Waals surface area contributed by atoms with Crippen LogP contribution >= 0.6 is 11.6 Å². The summed E-state index contributed by atoms with van der Waals surface area (Å²) in [4.78, 5) is 11.6. The third kappa shape index (κ3) is 5.65. The number of nitrogens with one attached hydrogen (secondary N) is 1. The van der Waals surface area contributed by atoms with Crippen molar-refractivity contribution < 1.29 is 18.3 Å². The summed E-state index contributed by atoms with van der Waals surface area (Å²) in [6, 6.07) is 8.73. The van der Waals surface area contributed by atoms with Crippen molar-refractivity contribution in [2.45, 2.75) is 43.8 Å². The first kappa shape index (κ1) is 22.3. The molecule has 0 radical (unpaired) electrons. The van der Waals surface area contributed by atoms with E-state index in [0.717, 1.165) is 49.8 Å². The monoisotopic (exact) mass is 455 g/mol. The lowest BCUT2D eigenvalue weighted by Crippen LogP contribution is -2.49. The van der Waals surface area contributed by atoms with Crippen LogP contribution in [0, 0.1) is 0 Å². The number of piperidine rings is 1. The average Bonchev–Trinajstić information content (AvgIpc) is 3.11. The minimum Gasteiger partial charge on any atom is -0.390 e. The molecule has 2 N–H and O–H groups in total. The highest BCUT2D eigenvalue weighted by molar-refractivity contribution is 6.30. The third-order valence-corrected chi connectivity index (χ3v) is 6.11. The molecule has 2 aliphatic heterocycles. The molecule has 0 spiro atoms. The summed E-state index contributed by atoms with van der Waals surface area (Å²) in [5.74, 6) is -0.00374. The van der Waals surface area contributed by atoms with Crippen LogP contribution < -0.4 is 10.2 Å². The van der Waals surface area contributed by atoms with Crippen LogP contribution in [0.4, 0.5) is 19.1 Å². The van der Waals surface area contributed by atoms with Crippen molar-refractivity contribution in [3.63, 3.8) is 0 Å². The molecular weight excluding hydrogens is 431 g/mol. The predicted molar refractivity (Wildman–Crippen MR) is 112 cm³/mol. The van der Waals surface area contributed by atoms with Crippen molar-refractivity contribution in [2.24, 2.45) is 0 Å². The van der Waals surface area contributed by atoms with E-state index in [1.54, 1.807) is 4.90 Å². The predicted octanol–water partition coefficient (Wildman–Crippen LogP) is 2.95. The number of benzene rings is 1. The molecule has 2 fully saturated rings. The molecule has 10 heteroatoms. The van der Waals surface area contributed by atoms with Crippen LogP contribution in [0.1, 0.15) is 24.1 Å². The van der Waals surface area contributed by atoms with Gasteiger partial charge in [-0.05, 0) is 49.7 Å². The maximum absolute atomic E-state index is 12.9. The summed E-state index contributed by atoms with van der Waals surface area (Å²) in [5.41, 5.74) is 0.246. The van der Waals surface area contributed by atoms with Gasteiger partial charge in [-0.1, -0.05) is 23.7 Å². The zero-order chi connectivity index (χ0) is 22.0. The van der Waals surface area contributed by atoms with Crippen LogP contribution in [0.2, 0.25) is 5.02 Å². The van der Waals surface area contributed by atoms with Crippen LogP contribution in [-0.2, 0) is 12.7 Å². The number of aliphatic hydroxyl groups excluding tert-OH is 1. The molecule has 2 atom stereocenters. The number of aromatic nitrogens is 2. The van der Waals surface area contributed by atoms with Gasteiger partial charge in [0, 0.05) is 36.9 Å². The van der Waals surface area contributed by atoms with E-state index in [-0.39, 0.29) is 24.6 Å². The normalized spacial score (nSPS) is 23.5. The van der Waals surface area contributed by atoms with Gasteiger partial charge in [-0.25, -0.2) is 9.97 Å². The zero-order valence-corrected chi connectivity index (χ0v) is 17.6. The Morgan fingerprint density at radius 3 is 2.48 bits per heavy atom. The number of hydrogen-bond donors (Lipinski definition) is 2. The molecule has 2 aliphatic rings. The summed E-state index contributed by atoms with van der Waals surface area (Å²) < 4.78 is 38.8. The molecule has 1 aromatic carbocycles. The largest absolute Gasteiger partial charge is 0.433 e. The summed E-state index contributed by atoms with van der Waals surface area (Å²) in [6.07, 6.45) is -2.22. The number of hydrogen-bond acceptors (Lipinski definition) is 6. The van der Waals surface area contributed by atoms with Crippen molar-refractivity contribution in [2.75, 3.05) is 31.1 Å². The Bertz CT molecular complexity index is 874. The maximum atomic E-state index is 12.9. The van der Waals surface area contributed by atoms with Crippen molar-refractivity contribution >= 4 is 17.5 Å². The molecule has 168 valence electrons. The lowest BCUT2D eigenvalue weighted by Gasteiger charge is -2.34. The van der Waals surface area contributed by atoms with Gasteiger partial charge in [0.1, 0.15) is 5.69 Å².